The lowest BCUT2D eigenvalue weighted by Crippen LogP contribution is -2.38. The molecule has 1 saturated heterocycles. The van der Waals surface area contributed by atoms with E-state index >= 15 is 0 Å². The van der Waals surface area contributed by atoms with Gasteiger partial charge in [0.15, 0.2) is 11.6 Å². The van der Waals surface area contributed by atoms with E-state index in [9.17, 15) is 9.59 Å². The summed E-state index contributed by atoms with van der Waals surface area (Å²) in [6.45, 7) is 3.00. The van der Waals surface area contributed by atoms with Crippen molar-refractivity contribution in [1.82, 2.24) is 15.2 Å². The summed E-state index contributed by atoms with van der Waals surface area (Å²) in [5.74, 6) is 0.726. The quantitative estimate of drug-likeness (QED) is 0.657. The molecule has 3 aromatic rings. The number of piperidine rings is 1. The third-order valence-corrected chi connectivity index (χ3v) is 5.33. The number of hydrogen-bond donors (Lipinski definition) is 1. The van der Waals surface area contributed by atoms with Gasteiger partial charge in [0.05, 0.1) is 5.69 Å². The number of hydrogen-bond acceptors (Lipinski definition) is 6. The first-order chi connectivity index (χ1) is 14.6. The van der Waals surface area contributed by atoms with E-state index in [4.69, 9.17) is 0 Å². The molecule has 1 fully saturated rings. The van der Waals surface area contributed by atoms with Crippen molar-refractivity contribution in [3.8, 4) is 11.3 Å². The molecule has 1 aromatic carbocycles. The largest absolute Gasteiger partial charge is 0.355 e. The molecule has 1 aliphatic rings. The minimum Gasteiger partial charge on any atom is -0.355 e. The molecule has 7 heteroatoms. The molecule has 0 radical (unpaired) electrons. The number of benzene rings is 1. The minimum absolute atomic E-state index is 0.00615. The zero-order chi connectivity index (χ0) is 20.9. The Balaban J connectivity index is 1.34. The molecule has 0 unspecified atom stereocenters. The molecule has 1 amide bonds. The Bertz CT molecular complexity index is 1030. The Hall–Kier alpha value is -3.61. The first kappa shape index (κ1) is 19.7. The highest BCUT2D eigenvalue weighted by Crippen LogP contribution is 2.24. The smallest absolute Gasteiger partial charge is 0.227 e. The van der Waals surface area contributed by atoms with Gasteiger partial charge in [0.1, 0.15) is 0 Å². The molecule has 0 saturated carbocycles. The van der Waals surface area contributed by atoms with Crippen molar-refractivity contribution in [1.29, 1.82) is 0 Å². The summed E-state index contributed by atoms with van der Waals surface area (Å²) in [5, 5.41) is 11.6. The standard InChI is InChI=1S/C23H23N5O2/c1-16(29)18-4-2-6-20(14-18)25-23(30)17-9-12-28(13-10-17)22-8-7-21(26-27-22)19-5-3-11-24-15-19/h2-8,11,14-15,17H,9-10,12-13H2,1H3,(H,25,30). The van der Waals surface area contributed by atoms with Crippen LogP contribution in [0.15, 0.2) is 60.9 Å². The number of nitrogens with zero attached hydrogens (tertiary/aromatic N) is 4. The summed E-state index contributed by atoms with van der Waals surface area (Å²) < 4.78 is 0. The summed E-state index contributed by atoms with van der Waals surface area (Å²) in [5.41, 5.74) is 2.97. The van der Waals surface area contributed by atoms with Crippen LogP contribution < -0.4 is 10.2 Å². The van der Waals surface area contributed by atoms with Crippen molar-refractivity contribution in [3.63, 3.8) is 0 Å². The molecule has 1 aliphatic heterocycles. The van der Waals surface area contributed by atoms with Crippen molar-refractivity contribution in [2.24, 2.45) is 5.92 Å². The van der Waals surface area contributed by atoms with Gasteiger partial charge in [-0.15, -0.1) is 10.2 Å². The lowest BCUT2D eigenvalue weighted by molar-refractivity contribution is -0.120. The van der Waals surface area contributed by atoms with Crippen LogP contribution in [0.1, 0.15) is 30.1 Å². The minimum atomic E-state index is -0.0649. The van der Waals surface area contributed by atoms with E-state index in [0.29, 0.717) is 11.3 Å². The molecule has 7 nitrogen and oxygen atoms in total. The van der Waals surface area contributed by atoms with Crippen LogP contribution in [0.25, 0.3) is 11.3 Å². The number of nitrogens with one attached hydrogen (secondary N) is 1. The molecule has 1 N–H and O–H groups in total. The number of carbonyl (C=O) groups is 2. The lowest BCUT2D eigenvalue weighted by Gasteiger charge is -2.31. The van der Waals surface area contributed by atoms with Gasteiger partial charge >= 0.3 is 0 Å². The number of rotatable bonds is 5. The van der Waals surface area contributed by atoms with E-state index in [-0.39, 0.29) is 17.6 Å². The normalized spacial score (nSPS) is 14.4. The van der Waals surface area contributed by atoms with Crippen LogP contribution >= 0.6 is 0 Å². The summed E-state index contributed by atoms with van der Waals surface area (Å²) in [7, 11) is 0. The first-order valence-electron chi connectivity index (χ1n) is 10.0. The fourth-order valence-electron chi connectivity index (χ4n) is 3.59. The predicted molar refractivity (Wildman–Crippen MR) is 115 cm³/mol. The Morgan fingerprint density at radius 2 is 1.87 bits per heavy atom. The van der Waals surface area contributed by atoms with Crippen LogP contribution in [0.2, 0.25) is 0 Å². The third-order valence-electron chi connectivity index (χ3n) is 5.33. The average Bonchev–Trinajstić information content (AvgIpc) is 2.80. The molecule has 30 heavy (non-hydrogen) atoms. The number of pyridine rings is 1. The van der Waals surface area contributed by atoms with Crippen molar-refractivity contribution >= 4 is 23.2 Å². The number of ketones is 1. The monoisotopic (exact) mass is 401 g/mol. The summed E-state index contributed by atoms with van der Waals surface area (Å²) in [4.78, 5) is 30.4. The van der Waals surface area contributed by atoms with Gasteiger partial charge in [-0.2, -0.15) is 0 Å². The van der Waals surface area contributed by atoms with E-state index < -0.39 is 0 Å². The summed E-state index contributed by atoms with van der Waals surface area (Å²) in [6.07, 6.45) is 4.97. The van der Waals surface area contributed by atoms with Gasteiger partial charge in [0.2, 0.25) is 5.91 Å². The molecule has 0 spiro atoms. The van der Waals surface area contributed by atoms with Crippen LogP contribution in [-0.4, -0.2) is 40.0 Å². The Labute approximate surface area is 175 Å². The average molecular weight is 401 g/mol. The van der Waals surface area contributed by atoms with Gasteiger partial charge in [0, 0.05) is 48.2 Å². The number of anilines is 2. The molecule has 2 aromatic heterocycles. The topological polar surface area (TPSA) is 88.1 Å². The second kappa shape index (κ2) is 8.82. The second-order valence-electron chi connectivity index (χ2n) is 7.41. The number of aromatic nitrogens is 3. The van der Waals surface area contributed by atoms with E-state index in [1.54, 1.807) is 36.7 Å². The molecular weight excluding hydrogens is 378 g/mol. The van der Waals surface area contributed by atoms with Crippen LogP contribution in [-0.2, 0) is 4.79 Å². The Kier molecular flexibility index (Phi) is 5.79. The lowest BCUT2D eigenvalue weighted by atomic mass is 9.95. The van der Waals surface area contributed by atoms with Crippen LogP contribution in [0, 0.1) is 5.92 Å². The van der Waals surface area contributed by atoms with Crippen molar-refractivity contribution in [2.45, 2.75) is 19.8 Å². The van der Waals surface area contributed by atoms with Crippen molar-refractivity contribution < 1.29 is 9.59 Å². The Morgan fingerprint density at radius 3 is 2.53 bits per heavy atom. The van der Waals surface area contributed by atoms with Gasteiger partial charge in [-0.25, -0.2) is 0 Å². The molecular formula is C23H23N5O2. The zero-order valence-corrected chi connectivity index (χ0v) is 16.8. The van der Waals surface area contributed by atoms with Gasteiger partial charge in [0.25, 0.3) is 0 Å². The maximum atomic E-state index is 12.6. The summed E-state index contributed by atoms with van der Waals surface area (Å²) >= 11 is 0. The number of amides is 1. The molecule has 0 bridgehead atoms. The van der Waals surface area contributed by atoms with Gasteiger partial charge in [-0.1, -0.05) is 12.1 Å². The highest BCUT2D eigenvalue weighted by atomic mass is 16.2. The van der Waals surface area contributed by atoms with Crippen LogP contribution in [0.3, 0.4) is 0 Å². The zero-order valence-electron chi connectivity index (χ0n) is 16.8. The fraction of sp³-hybridized carbons (Fsp3) is 0.261. The second-order valence-corrected chi connectivity index (χ2v) is 7.41. The van der Waals surface area contributed by atoms with E-state index in [0.717, 1.165) is 43.0 Å². The van der Waals surface area contributed by atoms with Gasteiger partial charge in [-0.05, 0) is 56.2 Å². The molecule has 0 aliphatic carbocycles. The molecule has 4 rings (SSSR count). The van der Waals surface area contributed by atoms with Crippen LogP contribution in [0.4, 0.5) is 11.5 Å². The maximum Gasteiger partial charge on any atom is 0.227 e. The SMILES string of the molecule is CC(=O)c1cccc(NC(=O)C2CCN(c3ccc(-c4cccnc4)nn3)CC2)c1. The van der Waals surface area contributed by atoms with Gasteiger partial charge < -0.3 is 10.2 Å². The highest BCUT2D eigenvalue weighted by Gasteiger charge is 2.26. The molecule has 152 valence electrons. The maximum absolute atomic E-state index is 12.6. The predicted octanol–water partition coefficient (Wildman–Crippen LogP) is 3.60. The fourth-order valence-corrected chi connectivity index (χ4v) is 3.59. The summed E-state index contributed by atoms with van der Waals surface area (Å²) in [6, 6.07) is 14.8. The first-order valence-corrected chi connectivity index (χ1v) is 10.0. The van der Waals surface area contributed by atoms with E-state index in [1.165, 1.54) is 6.92 Å². The molecule has 3 heterocycles. The van der Waals surface area contributed by atoms with Crippen LogP contribution in [0.5, 0.6) is 0 Å². The van der Waals surface area contributed by atoms with E-state index in [2.05, 4.69) is 25.4 Å². The van der Waals surface area contributed by atoms with Gasteiger partial charge in [-0.3, -0.25) is 14.6 Å². The third kappa shape index (κ3) is 4.51. The van der Waals surface area contributed by atoms with Crippen molar-refractivity contribution in [3.05, 3.63) is 66.5 Å². The van der Waals surface area contributed by atoms with Crippen molar-refractivity contribution in [2.75, 3.05) is 23.3 Å². The number of Topliss-reactive ketones (excluding diaryl/α,β-unsaturated/α-hetero) is 1. The highest BCUT2D eigenvalue weighted by molar-refractivity contribution is 5.97. The molecule has 0 atom stereocenters. The van der Waals surface area contributed by atoms with E-state index in [1.807, 2.05) is 24.3 Å². The Morgan fingerprint density at radius 1 is 1.03 bits per heavy atom. The number of carbonyl (C=O) groups excluding carboxylic acids is 2.